The van der Waals surface area contributed by atoms with Gasteiger partial charge in [-0.1, -0.05) is 18.2 Å². The third-order valence-corrected chi connectivity index (χ3v) is 4.54. The van der Waals surface area contributed by atoms with Gasteiger partial charge in [-0.05, 0) is 48.4 Å². The summed E-state index contributed by atoms with van der Waals surface area (Å²) < 4.78 is 1.64. The number of nitrogens with one attached hydrogen (secondary N) is 2. The van der Waals surface area contributed by atoms with Crippen molar-refractivity contribution < 1.29 is 14.4 Å². The van der Waals surface area contributed by atoms with Crippen LogP contribution in [0.15, 0.2) is 48.5 Å². The number of fused-ring (bicyclic) bond motifs is 1. The molecule has 0 saturated carbocycles. The van der Waals surface area contributed by atoms with E-state index in [9.17, 15) is 14.4 Å². The van der Waals surface area contributed by atoms with E-state index in [0.717, 1.165) is 16.8 Å². The molecule has 134 valence electrons. The maximum Gasteiger partial charge on any atom is 0.276 e. The summed E-state index contributed by atoms with van der Waals surface area (Å²) in [6.07, 6.45) is 0. The number of hydrogen-bond acceptors (Lipinski definition) is 4. The van der Waals surface area contributed by atoms with Crippen LogP contribution in [0.4, 0.5) is 5.69 Å². The van der Waals surface area contributed by atoms with Crippen LogP contribution in [0.25, 0.3) is 11.1 Å². The fourth-order valence-corrected chi connectivity index (χ4v) is 2.99. The Hall–Kier alpha value is -3.74. The minimum absolute atomic E-state index is 0.297. The first kappa shape index (κ1) is 16.7. The van der Waals surface area contributed by atoms with E-state index in [1.807, 2.05) is 25.1 Å². The highest BCUT2D eigenvalue weighted by Gasteiger charge is 2.26. The number of aromatic nitrogens is 2. The third-order valence-electron chi connectivity index (χ3n) is 4.54. The van der Waals surface area contributed by atoms with Gasteiger partial charge in [0.1, 0.15) is 0 Å². The predicted octanol–water partition coefficient (Wildman–Crippen LogP) is 2.53. The summed E-state index contributed by atoms with van der Waals surface area (Å²) in [5, 5.41) is 9.28. The fourth-order valence-electron chi connectivity index (χ4n) is 2.99. The molecule has 2 N–H and O–H groups in total. The summed E-state index contributed by atoms with van der Waals surface area (Å²) in [6.45, 7) is 1.87. The Balaban J connectivity index is 1.62. The van der Waals surface area contributed by atoms with Crippen LogP contribution in [0.2, 0.25) is 0 Å². The Kier molecular flexibility index (Phi) is 3.84. The maximum absolute atomic E-state index is 12.4. The summed E-state index contributed by atoms with van der Waals surface area (Å²) in [4.78, 5) is 35.9. The molecule has 7 nitrogen and oxygen atoms in total. The molecule has 2 aromatic carbocycles. The molecule has 1 aliphatic heterocycles. The Morgan fingerprint density at radius 2 is 1.74 bits per heavy atom. The van der Waals surface area contributed by atoms with Crippen molar-refractivity contribution in [2.24, 2.45) is 7.05 Å². The van der Waals surface area contributed by atoms with Gasteiger partial charge >= 0.3 is 0 Å². The minimum atomic E-state index is -0.396. The second-order valence-corrected chi connectivity index (χ2v) is 6.37. The molecule has 1 aromatic heterocycles. The van der Waals surface area contributed by atoms with Crippen molar-refractivity contribution >= 4 is 23.4 Å². The largest absolute Gasteiger partial charge is 0.321 e. The lowest BCUT2D eigenvalue weighted by molar-refractivity contribution is 0.0878. The predicted molar refractivity (Wildman–Crippen MR) is 99.6 cm³/mol. The second-order valence-electron chi connectivity index (χ2n) is 6.37. The Bertz CT molecular complexity index is 1090. The van der Waals surface area contributed by atoms with E-state index in [1.54, 1.807) is 42.1 Å². The highest BCUT2D eigenvalue weighted by molar-refractivity contribution is 6.21. The van der Waals surface area contributed by atoms with Gasteiger partial charge in [-0.2, -0.15) is 5.10 Å². The molecule has 4 rings (SSSR count). The SMILES string of the molecule is Cc1cc(C(=O)Nc2cccc(-c3ccc4c(c3)C(=O)NC4=O)c2)nn1C. The Labute approximate surface area is 155 Å². The van der Waals surface area contributed by atoms with Crippen molar-refractivity contribution in [3.63, 3.8) is 0 Å². The zero-order valence-corrected chi connectivity index (χ0v) is 14.7. The molecule has 0 unspecified atom stereocenters. The number of hydrogen-bond donors (Lipinski definition) is 2. The van der Waals surface area contributed by atoms with Gasteiger partial charge in [0.2, 0.25) is 0 Å². The van der Waals surface area contributed by atoms with Crippen LogP contribution >= 0.6 is 0 Å². The summed E-state index contributed by atoms with van der Waals surface area (Å²) in [6, 6.07) is 14.1. The zero-order valence-electron chi connectivity index (χ0n) is 14.7. The molecular formula is C20H16N4O3. The average Bonchev–Trinajstić information content (AvgIpc) is 3.14. The molecule has 0 aliphatic carbocycles. The molecule has 27 heavy (non-hydrogen) atoms. The molecule has 3 aromatic rings. The van der Waals surface area contributed by atoms with E-state index in [-0.39, 0.29) is 11.8 Å². The van der Waals surface area contributed by atoms with Crippen LogP contribution in [0.5, 0.6) is 0 Å². The van der Waals surface area contributed by atoms with Crippen molar-refractivity contribution in [1.82, 2.24) is 15.1 Å². The van der Waals surface area contributed by atoms with E-state index in [1.165, 1.54) is 0 Å². The van der Waals surface area contributed by atoms with E-state index >= 15 is 0 Å². The van der Waals surface area contributed by atoms with Gasteiger partial charge in [-0.15, -0.1) is 0 Å². The molecule has 1 aliphatic rings. The number of aryl methyl sites for hydroxylation is 2. The Morgan fingerprint density at radius 3 is 2.48 bits per heavy atom. The molecule has 0 fully saturated rings. The van der Waals surface area contributed by atoms with Crippen LogP contribution in [0.1, 0.15) is 36.9 Å². The number of rotatable bonds is 3. The standard InChI is InChI=1S/C20H16N4O3/c1-11-8-17(23-24(11)2)20(27)21-14-5-3-4-12(9-14)13-6-7-15-16(10-13)19(26)22-18(15)25/h3-10H,1-2H3,(H,21,27)(H,22,25,26). The molecule has 0 spiro atoms. The lowest BCUT2D eigenvalue weighted by atomic mass is 10.00. The van der Waals surface area contributed by atoms with Crippen LogP contribution in [-0.4, -0.2) is 27.5 Å². The number of imide groups is 1. The third kappa shape index (κ3) is 2.99. The number of nitrogens with zero attached hydrogens (tertiary/aromatic N) is 2. The first-order chi connectivity index (χ1) is 12.9. The summed E-state index contributed by atoms with van der Waals surface area (Å²) in [5.41, 5.74) is 4.17. The molecular weight excluding hydrogens is 344 g/mol. The van der Waals surface area contributed by atoms with Gasteiger partial charge in [-0.25, -0.2) is 0 Å². The molecule has 0 bridgehead atoms. The van der Waals surface area contributed by atoms with E-state index in [0.29, 0.717) is 22.5 Å². The zero-order chi connectivity index (χ0) is 19.1. The lowest BCUT2D eigenvalue weighted by Gasteiger charge is -2.07. The molecule has 7 heteroatoms. The van der Waals surface area contributed by atoms with Gasteiger partial charge < -0.3 is 5.32 Å². The maximum atomic E-state index is 12.4. The molecule has 0 atom stereocenters. The van der Waals surface area contributed by atoms with E-state index in [2.05, 4.69) is 15.7 Å². The highest BCUT2D eigenvalue weighted by Crippen LogP contribution is 2.27. The number of anilines is 1. The molecule has 0 saturated heterocycles. The van der Waals surface area contributed by atoms with Crippen molar-refractivity contribution in [3.05, 3.63) is 71.0 Å². The van der Waals surface area contributed by atoms with Gasteiger partial charge in [0.15, 0.2) is 5.69 Å². The minimum Gasteiger partial charge on any atom is -0.321 e. The average molecular weight is 360 g/mol. The van der Waals surface area contributed by atoms with Crippen LogP contribution < -0.4 is 10.6 Å². The number of amides is 3. The lowest BCUT2D eigenvalue weighted by Crippen LogP contribution is -2.19. The van der Waals surface area contributed by atoms with Gasteiger partial charge in [0, 0.05) is 18.4 Å². The van der Waals surface area contributed by atoms with Crippen molar-refractivity contribution in [2.45, 2.75) is 6.92 Å². The topological polar surface area (TPSA) is 93.1 Å². The van der Waals surface area contributed by atoms with Crippen molar-refractivity contribution in [1.29, 1.82) is 0 Å². The smallest absolute Gasteiger partial charge is 0.276 e. The Morgan fingerprint density at radius 1 is 1.00 bits per heavy atom. The summed E-state index contributed by atoms with van der Waals surface area (Å²) in [7, 11) is 1.78. The van der Waals surface area contributed by atoms with Crippen LogP contribution in [-0.2, 0) is 7.05 Å². The van der Waals surface area contributed by atoms with Gasteiger partial charge in [0.05, 0.1) is 11.1 Å². The van der Waals surface area contributed by atoms with Crippen molar-refractivity contribution in [3.8, 4) is 11.1 Å². The first-order valence-corrected chi connectivity index (χ1v) is 8.34. The quantitative estimate of drug-likeness (QED) is 0.702. The molecule has 3 amide bonds. The van der Waals surface area contributed by atoms with Crippen LogP contribution in [0.3, 0.4) is 0 Å². The molecule has 2 heterocycles. The van der Waals surface area contributed by atoms with E-state index < -0.39 is 5.91 Å². The van der Waals surface area contributed by atoms with Gasteiger partial charge in [0.25, 0.3) is 17.7 Å². The van der Waals surface area contributed by atoms with Crippen molar-refractivity contribution in [2.75, 3.05) is 5.32 Å². The monoisotopic (exact) mass is 360 g/mol. The van der Waals surface area contributed by atoms with E-state index in [4.69, 9.17) is 0 Å². The second kappa shape index (κ2) is 6.21. The number of benzene rings is 2. The highest BCUT2D eigenvalue weighted by atomic mass is 16.2. The van der Waals surface area contributed by atoms with Crippen LogP contribution in [0, 0.1) is 6.92 Å². The summed E-state index contributed by atoms with van der Waals surface area (Å²) in [5.74, 6) is -1.07. The fraction of sp³-hybridized carbons (Fsp3) is 0.100. The number of carbonyl (C=O) groups is 3. The summed E-state index contributed by atoms with van der Waals surface area (Å²) >= 11 is 0. The molecule has 0 radical (unpaired) electrons. The number of carbonyl (C=O) groups excluding carboxylic acids is 3. The normalized spacial score (nSPS) is 12.7. The van der Waals surface area contributed by atoms with Gasteiger partial charge in [-0.3, -0.25) is 24.4 Å². The first-order valence-electron chi connectivity index (χ1n) is 8.34.